The number of ether oxygens (including phenoxy) is 3. The molecule has 0 heterocycles. The fourth-order valence-electron chi connectivity index (χ4n) is 6.68. The Labute approximate surface area is 375 Å². The lowest BCUT2D eigenvalue weighted by Gasteiger charge is -2.18. The summed E-state index contributed by atoms with van der Waals surface area (Å²) < 4.78 is 16.7. The van der Waals surface area contributed by atoms with E-state index in [-0.39, 0.29) is 31.1 Å². The van der Waals surface area contributed by atoms with Crippen LogP contribution in [0.4, 0.5) is 0 Å². The van der Waals surface area contributed by atoms with Gasteiger partial charge in [-0.2, -0.15) is 0 Å². The van der Waals surface area contributed by atoms with Gasteiger partial charge in [-0.1, -0.05) is 202 Å². The van der Waals surface area contributed by atoms with Crippen LogP contribution >= 0.6 is 0 Å². The number of unbranched alkanes of at least 4 members (excludes halogenated alkanes) is 19. The van der Waals surface area contributed by atoms with Crippen LogP contribution in [0.25, 0.3) is 0 Å². The molecule has 1 atom stereocenters. The smallest absolute Gasteiger partial charge is 0.306 e. The first-order valence-electron chi connectivity index (χ1n) is 25.1. The van der Waals surface area contributed by atoms with Crippen LogP contribution in [-0.2, 0) is 28.6 Å². The van der Waals surface area contributed by atoms with Crippen molar-refractivity contribution in [1.82, 2.24) is 0 Å². The monoisotopic (exact) mass is 849 g/mol. The van der Waals surface area contributed by atoms with Crippen molar-refractivity contribution in [3.05, 3.63) is 85.1 Å². The molecule has 348 valence electrons. The molecule has 0 aliphatic carbocycles. The number of rotatable bonds is 44. The molecule has 0 bridgehead atoms. The van der Waals surface area contributed by atoms with E-state index in [9.17, 15) is 14.4 Å². The molecule has 6 nitrogen and oxygen atoms in total. The first-order chi connectivity index (χ1) is 30.0. The lowest BCUT2D eigenvalue weighted by molar-refractivity contribution is -0.167. The minimum absolute atomic E-state index is 0.104. The third kappa shape index (κ3) is 47.5. The summed E-state index contributed by atoms with van der Waals surface area (Å²) >= 11 is 0. The fraction of sp³-hybridized carbons (Fsp3) is 0.691. The quantitative estimate of drug-likeness (QED) is 0.0263. The molecule has 0 spiro atoms. The van der Waals surface area contributed by atoms with Crippen LogP contribution in [0.1, 0.15) is 226 Å². The minimum Gasteiger partial charge on any atom is -0.462 e. The van der Waals surface area contributed by atoms with Crippen LogP contribution in [0.2, 0.25) is 0 Å². The normalized spacial score (nSPS) is 12.8. The molecule has 0 aromatic heterocycles. The maximum atomic E-state index is 12.8. The summed E-state index contributed by atoms with van der Waals surface area (Å²) in [7, 11) is 0. The van der Waals surface area contributed by atoms with Gasteiger partial charge in [-0.3, -0.25) is 14.4 Å². The van der Waals surface area contributed by atoms with Gasteiger partial charge in [0.1, 0.15) is 13.2 Å². The summed E-state index contributed by atoms with van der Waals surface area (Å²) in [5.41, 5.74) is 0. The van der Waals surface area contributed by atoms with Gasteiger partial charge in [0.25, 0.3) is 0 Å². The highest BCUT2D eigenvalue weighted by Gasteiger charge is 2.19. The van der Waals surface area contributed by atoms with Crippen molar-refractivity contribution in [2.24, 2.45) is 0 Å². The predicted octanol–water partition coefficient (Wildman–Crippen LogP) is 16.4. The zero-order valence-electron chi connectivity index (χ0n) is 39.7. The number of carbonyl (C=O) groups excluding carboxylic acids is 3. The second kappa shape index (κ2) is 49.2. The zero-order chi connectivity index (χ0) is 44.4. The van der Waals surface area contributed by atoms with Gasteiger partial charge in [0, 0.05) is 19.3 Å². The van der Waals surface area contributed by atoms with Crippen LogP contribution in [0, 0.1) is 0 Å². The third-order valence-corrected chi connectivity index (χ3v) is 10.4. The Morgan fingerprint density at radius 3 is 1.03 bits per heavy atom. The molecule has 0 fully saturated rings. The van der Waals surface area contributed by atoms with E-state index in [2.05, 4.69) is 106 Å². The van der Waals surface area contributed by atoms with Crippen molar-refractivity contribution in [2.75, 3.05) is 13.2 Å². The maximum Gasteiger partial charge on any atom is 0.306 e. The lowest BCUT2D eigenvalue weighted by atomic mass is 10.0. The molecule has 0 saturated carbocycles. The highest BCUT2D eigenvalue weighted by Crippen LogP contribution is 2.15. The summed E-state index contributed by atoms with van der Waals surface area (Å²) in [6.45, 7) is 6.34. The lowest BCUT2D eigenvalue weighted by Crippen LogP contribution is -2.30. The van der Waals surface area contributed by atoms with Crippen LogP contribution in [0.3, 0.4) is 0 Å². The van der Waals surface area contributed by atoms with Gasteiger partial charge >= 0.3 is 17.9 Å². The highest BCUT2D eigenvalue weighted by atomic mass is 16.6. The summed E-state index contributed by atoms with van der Waals surface area (Å²) in [4.78, 5) is 37.9. The van der Waals surface area contributed by atoms with E-state index < -0.39 is 6.10 Å². The number of esters is 3. The summed E-state index contributed by atoms with van der Waals surface area (Å²) in [6, 6.07) is 0. The first-order valence-corrected chi connectivity index (χ1v) is 25.1. The molecule has 0 aliphatic rings. The predicted molar refractivity (Wildman–Crippen MR) is 261 cm³/mol. The van der Waals surface area contributed by atoms with E-state index in [1.165, 1.54) is 77.0 Å². The van der Waals surface area contributed by atoms with E-state index in [1.54, 1.807) is 0 Å². The molecule has 0 N–H and O–H groups in total. The van der Waals surface area contributed by atoms with Gasteiger partial charge in [0.15, 0.2) is 6.10 Å². The molecular formula is C55H92O6. The van der Waals surface area contributed by atoms with Crippen molar-refractivity contribution >= 4 is 17.9 Å². The zero-order valence-corrected chi connectivity index (χ0v) is 39.7. The number of carbonyl (C=O) groups is 3. The summed E-state index contributed by atoms with van der Waals surface area (Å²) in [5.74, 6) is -0.973. The number of hydrogen-bond donors (Lipinski definition) is 0. The average molecular weight is 849 g/mol. The first kappa shape index (κ1) is 57.6. The summed E-state index contributed by atoms with van der Waals surface area (Å²) in [6.07, 6.45) is 62.8. The standard InChI is InChI=1S/C55H92O6/c1-4-7-10-13-16-19-22-25-27-29-30-33-36-39-42-45-48-54(57)60-51-52(50-59-53(56)47-44-41-38-35-32-24-21-18-15-12-9-6-3)61-55(58)49-46-43-40-37-34-31-28-26-23-20-17-14-11-8-5-2/h7,9-10,12,16,18-19,21,25,27,30,32-33,35,52H,4-6,8,11,13-15,17,20,22-24,26,28-29,31,34,36-51H2,1-3H3/b10-7-,12-9-,19-16-,21-18-,27-25-,33-30-,35-32-. The molecule has 0 amide bonds. The van der Waals surface area contributed by atoms with Crippen LogP contribution in [0.15, 0.2) is 85.1 Å². The molecule has 0 aromatic carbocycles. The Morgan fingerprint density at radius 1 is 0.344 bits per heavy atom. The van der Waals surface area contributed by atoms with Crippen LogP contribution in [-0.4, -0.2) is 37.2 Å². The van der Waals surface area contributed by atoms with Crippen molar-refractivity contribution in [3.63, 3.8) is 0 Å². The molecular weight excluding hydrogens is 757 g/mol. The fourth-order valence-corrected chi connectivity index (χ4v) is 6.68. The van der Waals surface area contributed by atoms with Crippen molar-refractivity contribution in [2.45, 2.75) is 232 Å². The second-order valence-corrected chi connectivity index (χ2v) is 16.3. The molecule has 0 aliphatic heterocycles. The van der Waals surface area contributed by atoms with E-state index >= 15 is 0 Å². The van der Waals surface area contributed by atoms with Gasteiger partial charge < -0.3 is 14.2 Å². The third-order valence-electron chi connectivity index (χ3n) is 10.4. The van der Waals surface area contributed by atoms with E-state index in [0.717, 1.165) is 109 Å². The topological polar surface area (TPSA) is 78.9 Å². The van der Waals surface area contributed by atoms with Gasteiger partial charge in [0.05, 0.1) is 0 Å². The number of hydrogen-bond acceptors (Lipinski definition) is 6. The molecule has 0 saturated heterocycles. The molecule has 0 rings (SSSR count). The Bertz CT molecular complexity index is 1200. The SMILES string of the molecule is CC/C=C\C/C=C\C/C=C\C/C=C\CCCCCC(=O)OCC(COC(=O)CCCC/C=C\C/C=C\C/C=C\CC)OC(=O)CCCCCCCCCCCCCCCCC. The average Bonchev–Trinajstić information content (AvgIpc) is 3.26. The molecule has 61 heavy (non-hydrogen) atoms. The summed E-state index contributed by atoms with van der Waals surface area (Å²) in [5, 5.41) is 0. The molecule has 0 aromatic rings. The maximum absolute atomic E-state index is 12.8. The number of allylic oxidation sites excluding steroid dienone is 14. The van der Waals surface area contributed by atoms with Gasteiger partial charge in [-0.25, -0.2) is 0 Å². The van der Waals surface area contributed by atoms with Gasteiger partial charge in [-0.15, -0.1) is 0 Å². The molecule has 6 heteroatoms. The highest BCUT2D eigenvalue weighted by molar-refractivity contribution is 5.71. The van der Waals surface area contributed by atoms with Gasteiger partial charge in [-0.05, 0) is 89.9 Å². The van der Waals surface area contributed by atoms with Crippen molar-refractivity contribution in [1.29, 1.82) is 0 Å². The largest absolute Gasteiger partial charge is 0.462 e. The van der Waals surface area contributed by atoms with Crippen molar-refractivity contribution in [3.8, 4) is 0 Å². The Kier molecular flexibility index (Phi) is 46.5. The van der Waals surface area contributed by atoms with E-state index in [0.29, 0.717) is 19.3 Å². The van der Waals surface area contributed by atoms with Gasteiger partial charge in [0.2, 0.25) is 0 Å². The van der Waals surface area contributed by atoms with E-state index in [1.807, 2.05) is 0 Å². The second-order valence-electron chi connectivity index (χ2n) is 16.3. The Hall–Kier alpha value is -3.41. The molecule has 0 radical (unpaired) electrons. The Morgan fingerprint density at radius 2 is 0.639 bits per heavy atom. The Balaban J connectivity index is 4.47. The molecule has 1 unspecified atom stereocenters. The van der Waals surface area contributed by atoms with E-state index in [4.69, 9.17) is 14.2 Å². The minimum atomic E-state index is -0.802. The van der Waals surface area contributed by atoms with Crippen LogP contribution < -0.4 is 0 Å². The van der Waals surface area contributed by atoms with Crippen molar-refractivity contribution < 1.29 is 28.6 Å². The van der Waals surface area contributed by atoms with Crippen LogP contribution in [0.5, 0.6) is 0 Å².